The second-order valence-corrected chi connectivity index (χ2v) is 4.88. The van der Waals surface area contributed by atoms with E-state index in [1.54, 1.807) is 11.8 Å². The largest absolute Gasteiger partial charge is 0.340 e. The number of nitrogens with two attached hydrogens (primary N) is 1. The van der Waals surface area contributed by atoms with E-state index in [9.17, 15) is 4.79 Å². The van der Waals surface area contributed by atoms with Gasteiger partial charge < -0.3 is 10.6 Å². The summed E-state index contributed by atoms with van der Waals surface area (Å²) in [6.45, 7) is 4.70. The van der Waals surface area contributed by atoms with Crippen LogP contribution in [-0.2, 0) is 4.79 Å². The maximum absolute atomic E-state index is 12.1. The molecule has 1 aromatic heterocycles. The summed E-state index contributed by atoms with van der Waals surface area (Å²) in [4.78, 5) is 14.6. The molecule has 1 aromatic rings. The molecule has 0 bridgehead atoms. The van der Waals surface area contributed by atoms with Gasteiger partial charge in [-0.05, 0) is 25.3 Å². The van der Waals surface area contributed by atoms with Crippen LogP contribution in [-0.4, -0.2) is 23.9 Å². The summed E-state index contributed by atoms with van der Waals surface area (Å²) in [6.07, 6.45) is 0. The summed E-state index contributed by atoms with van der Waals surface area (Å²) in [5.74, 6) is -0.286. The van der Waals surface area contributed by atoms with E-state index in [2.05, 4.69) is 6.07 Å². The maximum Gasteiger partial charge on any atom is 0.244 e. The van der Waals surface area contributed by atoms with E-state index >= 15 is 0 Å². The van der Waals surface area contributed by atoms with Gasteiger partial charge in [-0.2, -0.15) is 5.26 Å². The lowest BCUT2D eigenvalue weighted by molar-refractivity contribution is -0.132. The number of hydrogen-bond donors (Lipinski definition) is 1. The molecule has 0 aliphatic heterocycles. The van der Waals surface area contributed by atoms with Gasteiger partial charge in [-0.1, -0.05) is 6.07 Å². The minimum Gasteiger partial charge on any atom is -0.340 e. The summed E-state index contributed by atoms with van der Waals surface area (Å²) in [5, 5.41) is 10.7. The predicted molar refractivity (Wildman–Crippen MR) is 68.3 cm³/mol. The topological polar surface area (TPSA) is 70.1 Å². The van der Waals surface area contributed by atoms with Crippen molar-refractivity contribution in [1.82, 2.24) is 4.90 Å². The molecule has 1 heterocycles. The zero-order valence-corrected chi connectivity index (χ0v) is 10.9. The maximum atomic E-state index is 12.1. The molecular weight excluding hydrogens is 234 g/mol. The van der Waals surface area contributed by atoms with Crippen molar-refractivity contribution in [1.29, 1.82) is 5.26 Å². The molecule has 0 aliphatic carbocycles. The van der Waals surface area contributed by atoms with E-state index in [1.165, 1.54) is 11.3 Å². The van der Waals surface area contributed by atoms with E-state index in [4.69, 9.17) is 11.0 Å². The van der Waals surface area contributed by atoms with E-state index in [0.717, 1.165) is 4.88 Å². The van der Waals surface area contributed by atoms with Gasteiger partial charge in [0, 0.05) is 18.0 Å². The van der Waals surface area contributed by atoms with E-state index in [0.29, 0.717) is 13.1 Å². The monoisotopic (exact) mass is 251 g/mol. The number of amides is 1. The summed E-state index contributed by atoms with van der Waals surface area (Å²) in [5.41, 5.74) is 5.91. The lowest BCUT2D eigenvalue weighted by Gasteiger charge is -2.24. The second kappa shape index (κ2) is 6.38. The summed E-state index contributed by atoms with van der Waals surface area (Å²) in [7, 11) is 0. The van der Waals surface area contributed by atoms with Crippen LogP contribution in [0.3, 0.4) is 0 Å². The van der Waals surface area contributed by atoms with Gasteiger partial charge in [0.25, 0.3) is 0 Å². The Morgan fingerprint density at radius 2 is 2.41 bits per heavy atom. The third-order valence-electron chi connectivity index (χ3n) is 2.52. The van der Waals surface area contributed by atoms with E-state index < -0.39 is 6.04 Å². The fourth-order valence-electron chi connectivity index (χ4n) is 1.53. The molecule has 2 unspecified atom stereocenters. The molecule has 2 N–H and O–H groups in total. The fourth-order valence-corrected chi connectivity index (χ4v) is 2.25. The highest BCUT2D eigenvalue weighted by molar-refractivity contribution is 7.10. The van der Waals surface area contributed by atoms with Crippen molar-refractivity contribution in [3.63, 3.8) is 0 Å². The molecule has 0 saturated heterocycles. The highest BCUT2D eigenvalue weighted by Crippen LogP contribution is 2.19. The Morgan fingerprint density at radius 3 is 2.88 bits per heavy atom. The smallest absolute Gasteiger partial charge is 0.244 e. The van der Waals surface area contributed by atoms with Crippen molar-refractivity contribution in [2.45, 2.75) is 19.9 Å². The van der Waals surface area contributed by atoms with Crippen LogP contribution in [0, 0.1) is 17.2 Å². The molecule has 0 aromatic carbocycles. The summed E-state index contributed by atoms with van der Waals surface area (Å²) >= 11 is 1.47. The molecule has 1 rings (SSSR count). The third-order valence-corrected chi connectivity index (χ3v) is 3.48. The van der Waals surface area contributed by atoms with Gasteiger partial charge in [0.05, 0.1) is 12.0 Å². The van der Waals surface area contributed by atoms with Crippen molar-refractivity contribution in [3.05, 3.63) is 22.4 Å². The van der Waals surface area contributed by atoms with Crippen LogP contribution in [0.4, 0.5) is 0 Å². The van der Waals surface area contributed by atoms with Crippen LogP contribution in [0.25, 0.3) is 0 Å². The van der Waals surface area contributed by atoms with Gasteiger partial charge in [0.1, 0.15) is 6.04 Å². The Labute approximate surface area is 106 Å². The van der Waals surface area contributed by atoms with Gasteiger partial charge in [0.15, 0.2) is 0 Å². The normalized spacial score (nSPS) is 13.8. The molecule has 1 amide bonds. The number of thiophene rings is 1. The third kappa shape index (κ3) is 3.55. The van der Waals surface area contributed by atoms with Crippen LogP contribution in [0.1, 0.15) is 24.8 Å². The van der Waals surface area contributed by atoms with Crippen LogP contribution in [0.2, 0.25) is 0 Å². The number of rotatable bonds is 5. The van der Waals surface area contributed by atoms with Crippen molar-refractivity contribution in [2.24, 2.45) is 11.7 Å². The Hall–Kier alpha value is -1.38. The predicted octanol–water partition coefficient (Wildman–Crippen LogP) is 1.76. The lowest BCUT2D eigenvalue weighted by atomic mass is 10.1. The van der Waals surface area contributed by atoms with Crippen LogP contribution in [0.15, 0.2) is 17.5 Å². The van der Waals surface area contributed by atoms with Crippen LogP contribution in [0.5, 0.6) is 0 Å². The SMILES string of the molecule is CCN(CC(C)C#N)C(=O)C(N)c1cccs1. The van der Waals surface area contributed by atoms with Gasteiger partial charge in [-0.25, -0.2) is 0 Å². The zero-order chi connectivity index (χ0) is 12.8. The first-order valence-corrected chi connectivity index (χ1v) is 6.45. The highest BCUT2D eigenvalue weighted by Gasteiger charge is 2.23. The highest BCUT2D eigenvalue weighted by atomic mass is 32.1. The quantitative estimate of drug-likeness (QED) is 0.866. The minimum atomic E-state index is -0.610. The molecule has 2 atom stereocenters. The Bertz CT molecular complexity index is 396. The number of nitrogens with zero attached hydrogens (tertiary/aromatic N) is 2. The molecule has 0 radical (unpaired) electrons. The van der Waals surface area contributed by atoms with Crippen LogP contribution >= 0.6 is 11.3 Å². The number of nitriles is 1. The lowest BCUT2D eigenvalue weighted by Crippen LogP contribution is -2.40. The number of hydrogen-bond acceptors (Lipinski definition) is 4. The number of carbonyl (C=O) groups excluding carboxylic acids is 1. The molecule has 0 saturated carbocycles. The molecule has 5 heteroatoms. The average Bonchev–Trinajstić information content (AvgIpc) is 2.87. The second-order valence-electron chi connectivity index (χ2n) is 3.90. The van der Waals surface area contributed by atoms with Gasteiger partial charge in [-0.15, -0.1) is 11.3 Å². The first kappa shape index (κ1) is 13.7. The average molecular weight is 251 g/mol. The zero-order valence-electron chi connectivity index (χ0n) is 10.1. The van der Waals surface area contributed by atoms with Gasteiger partial charge in [-0.3, -0.25) is 4.79 Å². The van der Waals surface area contributed by atoms with E-state index in [1.807, 2.05) is 24.4 Å². The molecule has 92 valence electrons. The molecule has 4 nitrogen and oxygen atoms in total. The Kier molecular flexibility index (Phi) is 5.13. The van der Waals surface area contributed by atoms with Crippen molar-refractivity contribution < 1.29 is 4.79 Å². The van der Waals surface area contributed by atoms with Crippen molar-refractivity contribution in [3.8, 4) is 6.07 Å². The fraction of sp³-hybridized carbons (Fsp3) is 0.500. The van der Waals surface area contributed by atoms with Crippen molar-refractivity contribution >= 4 is 17.2 Å². The number of likely N-dealkylation sites (N-methyl/N-ethyl adjacent to an activating group) is 1. The molecule has 0 fully saturated rings. The first-order chi connectivity index (χ1) is 8.10. The Balaban J connectivity index is 2.70. The van der Waals surface area contributed by atoms with E-state index in [-0.39, 0.29) is 11.8 Å². The minimum absolute atomic E-state index is 0.114. The standard InChI is InChI=1S/C12H17N3OS/c1-3-15(8-9(2)7-13)12(16)11(14)10-5-4-6-17-10/h4-6,9,11H,3,8,14H2,1-2H3. The van der Waals surface area contributed by atoms with Gasteiger partial charge >= 0.3 is 0 Å². The molecule has 0 spiro atoms. The van der Waals surface area contributed by atoms with Crippen LogP contribution < -0.4 is 5.73 Å². The van der Waals surface area contributed by atoms with Crippen molar-refractivity contribution in [2.75, 3.05) is 13.1 Å². The summed E-state index contributed by atoms with van der Waals surface area (Å²) < 4.78 is 0. The molecular formula is C12H17N3OS. The molecule has 17 heavy (non-hydrogen) atoms. The number of carbonyl (C=O) groups is 1. The summed E-state index contributed by atoms with van der Waals surface area (Å²) in [6, 6.07) is 5.25. The molecule has 0 aliphatic rings. The first-order valence-electron chi connectivity index (χ1n) is 5.57. The Morgan fingerprint density at radius 1 is 1.71 bits per heavy atom. The van der Waals surface area contributed by atoms with Gasteiger partial charge in [0.2, 0.25) is 5.91 Å².